The summed E-state index contributed by atoms with van der Waals surface area (Å²) in [5.74, 6) is 2.28. The van der Waals surface area contributed by atoms with Crippen LogP contribution in [0.15, 0.2) is 18.3 Å². The lowest BCUT2D eigenvalue weighted by Gasteiger charge is -2.33. The van der Waals surface area contributed by atoms with Crippen molar-refractivity contribution in [3.8, 4) is 5.88 Å². The van der Waals surface area contributed by atoms with Crippen LogP contribution in [0.5, 0.6) is 5.88 Å². The summed E-state index contributed by atoms with van der Waals surface area (Å²) in [6.45, 7) is 4.69. The van der Waals surface area contributed by atoms with Crippen LogP contribution in [0.25, 0.3) is 0 Å². The molecule has 2 rings (SSSR count). The molecule has 3 nitrogen and oxygen atoms in total. The standard InChI is InChI=1S/C14H22N2O/c1-10-4-5-13(11(2)8-10)16-12-6-7-15-14(9-12)17-3/h6-7,9-11,13H,4-5,8H2,1-3H3,(H,15,16). The Labute approximate surface area is 104 Å². The molecular formula is C14H22N2O. The number of hydrogen-bond donors (Lipinski definition) is 1. The molecule has 3 unspecified atom stereocenters. The van der Waals surface area contributed by atoms with E-state index >= 15 is 0 Å². The van der Waals surface area contributed by atoms with Gasteiger partial charge in [0.1, 0.15) is 0 Å². The molecule has 1 saturated carbocycles. The van der Waals surface area contributed by atoms with Crippen molar-refractivity contribution in [1.29, 1.82) is 0 Å². The van der Waals surface area contributed by atoms with Gasteiger partial charge in [0.2, 0.25) is 5.88 Å². The lowest BCUT2D eigenvalue weighted by Crippen LogP contribution is -2.32. The summed E-state index contributed by atoms with van der Waals surface area (Å²) in [7, 11) is 1.65. The molecule has 0 bridgehead atoms. The van der Waals surface area contributed by atoms with Gasteiger partial charge in [-0.2, -0.15) is 0 Å². The maximum atomic E-state index is 5.14. The molecular weight excluding hydrogens is 212 g/mol. The lowest BCUT2D eigenvalue weighted by molar-refractivity contribution is 0.276. The van der Waals surface area contributed by atoms with Crippen LogP contribution >= 0.6 is 0 Å². The molecule has 17 heavy (non-hydrogen) atoms. The fourth-order valence-corrected chi connectivity index (χ4v) is 2.70. The van der Waals surface area contributed by atoms with Gasteiger partial charge in [0.15, 0.2) is 0 Å². The first-order valence-electron chi connectivity index (χ1n) is 6.45. The van der Waals surface area contributed by atoms with E-state index in [2.05, 4.69) is 24.1 Å². The van der Waals surface area contributed by atoms with Gasteiger partial charge >= 0.3 is 0 Å². The van der Waals surface area contributed by atoms with Gasteiger partial charge in [-0.25, -0.2) is 4.98 Å². The van der Waals surface area contributed by atoms with Crippen LogP contribution in [0, 0.1) is 11.8 Å². The molecule has 1 fully saturated rings. The lowest BCUT2D eigenvalue weighted by atomic mass is 9.80. The Hall–Kier alpha value is -1.25. The van der Waals surface area contributed by atoms with E-state index in [1.165, 1.54) is 19.3 Å². The minimum Gasteiger partial charge on any atom is -0.481 e. The van der Waals surface area contributed by atoms with Gasteiger partial charge in [0, 0.05) is 24.0 Å². The zero-order valence-corrected chi connectivity index (χ0v) is 10.9. The van der Waals surface area contributed by atoms with E-state index in [0.29, 0.717) is 11.9 Å². The van der Waals surface area contributed by atoms with E-state index in [1.54, 1.807) is 13.3 Å². The molecule has 1 aliphatic rings. The molecule has 3 atom stereocenters. The Morgan fingerprint density at radius 2 is 2.18 bits per heavy atom. The third-order valence-electron chi connectivity index (χ3n) is 3.73. The molecule has 1 aliphatic carbocycles. The monoisotopic (exact) mass is 234 g/mol. The van der Waals surface area contributed by atoms with Crippen LogP contribution in [0.2, 0.25) is 0 Å². The van der Waals surface area contributed by atoms with Crippen molar-refractivity contribution in [3.05, 3.63) is 18.3 Å². The van der Waals surface area contributed by atoms with Gasteiger partial charge in [-0.1, -0.05) is 13.8 Å². The largest absolute Gasteiger partial charge is 0.481 e. The average Bonchev–Trinajstić information content (AvgIpc) is 2.33. The molecule has 0 aliphatic heterocycles. The molecule has 0 radical (unpaired) electrons. The summed E-state index contributed by atoms with van der Waals surface area (Å²) < 4.78 is 5.14. The first-order valence-corrected chi connectivity index (χ1v) is 6.45. The van der Waals surface area contributed by atoms with Gasteiger partial charge < -0.3 is 10.1 Å². The van der Waals surface area contributed by atoms with Crippen LogP contribution in [0.1, 0.15) is 33.1 Å². The molecule has 94 valence electrons. The molecule has 1 heterocycles. The van der Waals surface area contributed by atoms with E-state index in [4.69, 9.17) is 4.74 Å². The number of ether oxygens (including phenoxy) is 1. The second kappa shape index (κ2) is 5.39. The Morgan fingerprint density at radius 3 is 2.88 bits per heavy atom. The van der Waals surface area contributed by atoms with E-state index in [1.807, 2.05) is 12.1 Å². The van der Waals surface area contributed by atoms with Crippen molar-refractivity contribution < 1.29 is 4.74 Å². The quantitative estimate of drug-likeness (QED) is 0.871. The molecule has 0 aromatic carbocycles. The number of hydrogen-bond acceptors (Lipinski definition) is 3. The summed E-state index contributed by atoms with van der Waals surface area (Å²) in [6, 6.07) is 4.55. The summed E-state index contributed by atoms with van der Waals surface area (Å²) in [5, 5.41) is 3.61. The summed E-state index contributed by atoms with van der Waals surface area (Å²) in [6.07, 6.45) is 5.69. The fraction of sp³-hybridized carbons (Fsp3) is 0.643. The van der Waals surface area contributed by atoms with Crippen LogP contribution in [-0.4, -0.2) is 18.1 Å². The van der Waals surface area contributed by atoms with Gasteiger partial charge in [-0.15, -0.1) is 0 Å². The van der Waals surface area contributed by atoms with Crippen LogP contribution < -0.4 is 10.1 Å². The number of aromatic nitrogens is 1. The van der Waals surface area contributed by atoms with Crippen molar-refractivity contribution >= 4 is 5.69 Å². The number of nitrogens with zero attached hydrogens (tertiary/aromatic N) is 1. The van der Waals surface area contributed by atoms with E-state index < -0.39 is 0 Å². The molecule has 1 aromatic heterocycles. The van der Waals surface area contributed by atoms with Crippen molar-refractivity contribution in [1.82, 2.24) is 4.98 Å². The second-order valence-electron chi connectivity index (χ2n) is 5.23. The third kappa shape index (κ3) is 3.11. The van der Waals surface area contributed by atoms with Gasteiger partial charge in [0.05, 0.1) is 7.11 Å². The zero-order chi connectivity index (χ0) is 12.3. The predicted molar refractivity (Wildman–Crippen MR) is 70.4 cm³/mol. The minimum atomic E-state index is 0.582. The Balaban J connectivity index is 2.00. The number of methoxy groups -OCH3 is 1. The summed E-state index contributed by atoms with van der Waals surface area (Å²) in [5.41, 5.74) is 1.11. The first-order chi connectivity index (χ1) is 8.19. The van der Waals surface area contributed by atoms with Crippen LogP contribution in [0.4, 0.5) is 5.69 Å². The van der Waals surface area contributed by atoms with Crippen LogP contribution in [-0.2, 0) is 0 Å². The highest BCUT2D eigenvalue weighted by Crippen LogP contribution is 2.31. The molecule has 1 N–H and O–H groups in total. The maximum absolute atomic E-state index is 5.14. The minimum absolute atomic E-state index is 0.582. The smallest absolute Gasteiger partial charge is 0.214 e. The number of anilines is 1. The van der Waals surface area contributed by atoms with Crippen molar-refractivity contribution in [2.24, 2.45) is 11.8 Å². The zero-order valence-electron chi connectivity index (χ0n) is 10.9. The van der Waals surface area contributed by atoms with Crippen LogP contribution in [0.3, 0.4) is 0 Å². The number of pyridine rings is 1. The molecule has 0 spiro atoms. The second-order valence-corrected chi connectivity index (χ2v) is 5.23. The SMILES string of the molecule is COc1cc(NC2CCC(C)CC2C)ccn1. The Morgan fingerprint density at radius 1 is 1.35 bits per heavy atom. The highest BCUT2D eigenvalue weighted by Gasteiger charge is 2.25. The number of nitrogens with one attached hydrogen (secondary N) is 1. The average molecular weight is 234 g/mol. The Bertz CT molecular complexity index is 367. The molecule has 0 amide bonds. The van der Waals surface area contributed by atoms with Crippen molar-refractivity contribution in [2.45, 2.75) is 39.2 Å². The molecule has 1 aromatic rings. The normalized spacial score (nSPS) is 28.8. The maximum Gasteiger partial charge on any atom is 0.214 e. The van der Waals surface area contributed by atoms with Gasteiger partial charge in [0.25, 0.3) is 0 Å². The number of rotatable bonds is 3. The van der Waals surface area contributed by atoms with E-state index in [-0.39, 0.29) is 0 Å². The Kier molecular flexibility index (Phi) is 3.87. The van der Waals surface area contributed by atoms with E-state index in [0.717, 1.165) is 17.5 Å². The highest BCUT2D eigenvalue weighted by atomic mass is 16.5. The van der Waals surface area contributed by atoms with Gasteiger partial charge in [-0.05, 0) is 37.2 Å². The van der Waals surface area contributed by atoms with Gasteiger partial charge in [-0.3, -0.25) is 0 Å². The fourth-order valence-electron chi connectivity index (χ4n) is 2.70. The third-order valence-corrected chi connectivity index (χ3v) is 3.73. The highest BCUT2D eigenvalue weighted by molar-refractivity contribution is 5.46. The van der Waals surface area contributed by atoms with E-state index in [9.17, 15) is 0 Å². The van der Waals surface area contributed by atoms with Crippen molar-refractivity contribution in [2.75, 3.05) is 12.4 Å². The molecule has 0 saturated heterocycles. The summed E-state index contributed by atoms with van der Waals surface area (Å²) in [4.78, 5) is 4.12. The topological polar surface area (TPSA) is 34.1 Å². The predicted octanol–water partition coefficient (Wildman–Crippen LogP) is 3.33. The molecule has 3 heteroatoms. The summed E-state index contributed by atoms with van der Waals surface area (Å²) >= 11 is 0. The van der Waals surface area contributed by atoms with Crippen molar-refractivity contribution in [3.63, 3.8) is 0 Å². The first kappa shape index (κ1) is 12.2.